The molecule has 1 heterocycles. The number of aromatic hydroxyl groups is 1. The molecule has 0 radical (unpaired) electrons. The number of aliphatic hydroxyl groups is 1. The molecule has 1 fully saturated rings. The highest BCUT2D eigenvalue weighted by Gasteiger charge is 2.34. The first-order valence-corrected chi connectivity index (χ1v) is 5.56. The lowest BCUT2D eigenvalue weighted by atomic mass is 10.2. The van der Waals surface area contributed by atoms with Crippen molar-refractivity contribution in [1.29, 1.82) is 0 Å². The SMILES string of the molecule is CN(c1nc(Cl)ncc1O)[C@H](CO)C1CC1. The number of aliphatic hydroxyl groups excluding tert-OH is 1. The first-order chi connectivity index (χ1) is 7.63. The molecule has 1 aromatic rings. The summed E-state index contributed by atoms with van der Waals surface area (Å²) in [5.74, 6) is 0.820. The average Bonchev–Trinajstić information content (AvgIpc) is 3.07. The Balaban J connectivity index is 2.24. The van der Waals surface area contributed by atoms with Crippen molar-refractivity contribution in [3.8, 4) is 5.75 Å². The van der Waals surface area contributed by atoms with Crippen molar-refractivity contribution in [2.75, 3.05) is 18.6 Å². The van der Waals surface area contributed by atoms with E-state index < -0.39 is 0 Å². The van der Waals surface area contributed by atoms with Crippen LogP contribution in [-0.2, 0) is 0 Å². The molecule has 1 aromatic heterocycles. The zero-order chi connectivity index (χ0) is 11.7. The number of nitrogens with zero attached hydrogens (tertiary/aromatic N) is 3. The maximum Gasteiger partial charge on any atom is 0.224 e. The Kier molecular flexibility index (Phi) is 3.16. The number of hydrogen-bond acceptors (Lipinski definition) is 5. The van der Waals surface area contributed by atoms with Crippen LogP contribution in [0.5, 0.6) is 5.75 Å². The highest BCUT2D eigenvalue weighted by atomic mass is 35.5. The second kappa shape index (κ2) is 4.43. The number of halogens is 1. The Morgan fingerprint density at radius 3 is 2.88 bits per heavy atom. The molecule has 1 atom stereocenters. The van der Waals surface area contributed by atoms with Gasteiger partial charge in [-0.2, -0.15) is 4.98 Å². The summed E-state index contributed by atoms with van der Waals surface area (Å²) in [7, 11) is 1.79. The summed E-state index contributed by atoms with van der Waals surface area (Å²) >= 11 is 5.68. The van der Waals surface area contributed by atoms with Gasteiger partial charge in [-0.3, -0.25) is 0 Å². The van der Waals surface area contributed by atoms with E-state index in [9.17, 15) is 10.2 Å². The molecule has 88 valence electrons. The first kappa shape index (κ1) is 11.4. The molecule has 0 amide bonds. The standard InChI is InChI=1S/C10H14ClN3O2/c1-14(7(5-15)6-2-3-6)9-8(16)4-12-10(11)13-9/h4,6-7,15-16H,2-3,5H2,1H3/t7-/m1/s1. The lowest BCUT2D eigenvalue weighted by Crippen LogP contribution is -2.37. The number of rotatable bonds is 4. The zero-order valence-electron chi connectivity index (χ0n) is 8.97. The third-order valence-electron chi connectivity index (χ3n) is 2.91. The van der Waals surface area contributed by atoms with Crippen LogP contribution in [0.3, 0.4) is 0 Å². The van der Waals surface area contributed by atoms with E-state index in [2.05, 4.69) is 9.97 Å². The molecule has 1 saturated carbocycles. The van der Waals surface area contributed by atoms with Gasteiger partial charge in [0, 0.05) is 7.05 Å². The van der Waals surface area contributed by atoms with Crippen molar-refractivity contribution in [3.05, 3.63) is 11.5 Å². The summed E-state index contributed by atoms with van der Waals surface area (Å²) in [5, 5.41) is 19.1. The predicted octanol–water partition coefficient (Wildman–Crippen LogP) is 1.04. The van der Waals surface area contributed by atoms with Gasteiger partial charge < -0.3 is 15.1 Å². The summed E-state index contributed by atoms with van der Waals surface area (Å²) in [5.41, 5.74) is 0. The van der Waals surface area contributed by atoms with Gasteiger partial charge in [0.25, 0.3) is 0 Å². The van der Waals surface area contributed by atoms with E-state index in [1.165, 1.54) is 6.20 Å². The van der Waals surface area contributed by atoms with Crippen LogP contribution in [0.15, 0.2) is 6.20 Å². The van der Waals surface area contributed by atoms with Crippen LogP contribution in [0, 0.1) is 5.92 Å². The highest BCUT2D eigenvalue weighted by molar-refractivity contribution is 6.28. The molecule has 0 saturated heterocycles. The molecule has 6 heteroatoms. The number of hydrogen-bond donors (Lipinski definition) is 2. The Morgan fingerprint density at radius 1 is 1.62 bits per heavy atom. The van der Waals surface area contributed by atoms with Gasteiger partial charge >= 0.3 is 0 Å². The maximum atomic E-state index is 9.65. The molecular weight excluding hydrogens is 230 g/mol. The number of anilines is 1. The topological polar surface area (TPSA) is 69.5 Å². The van der Waals surface area contributed by atoms with Crippen molar-refractivity contribution in [2.45, 2.75) is 18.9 Å². The second-order valence-electron chi connectivity index (χ2n) is 4.05. The van der Waals surface area contributed by atoms with Gasteiger partial charge in [0.15, 0.2) is 11.6 Å². The van der Waals surface area contributed by atoms with E-state index in [1.54, 1.807) is 11.9 Å². The highest BCUT2D eigenvalue weighted by Crippen LogP contribution is 2.37. The van der Waals surface area contributed by atoms with Crippen molar-refractivity contribution < 1.29 is 10.2 Å². The Hall–Kier alpha value is -1.07. The third kappa shape index (κ3) is 2.20. The van der Waals surface area contributed by atoms with Crippen molar-refractivity contribution in [1.82, 2.24) is 9.97 Å². The number of likely N-dealkylation sites (N-methyl/N-ethyl adjacent to an activating group) is 1. The molecule has 0 aliphatic heterocycles. The largest absolute Gasteiger partial charge is 0.503 e. The van der Waals surface area contributed by atoms with Gasteiger partial charge in [0.05, 0.1) is 18.8 Å². The van der Waals surface area contributed by atoms with Gasteiger partial charge in [-0.25, -0.2) is 4.98 Å². The van der Waals surface area contributed by atoms with E-state index in [-0.39, 0.29) is 23.7 Å². The molecule has 0 spiro atoms. The van der Waals surface area contributed by atoms with Gasteiger partial charge in [0.2, 0.25) is 5.28 Å². The molecule has 2 N–H and O–H groups in total. The molecule has 0 bridgehead atoms. The minimum atomic E-state index is -0.0222. The second-order valence-corrected chi connectivity index (χ2v) is 4.38. The van der Waals surface area contributed by atoms with Crippen LogP contribution >= 0.6 is 11.6 Å². The van der Waals surface area contributed by atoms with Gasteiger partial charge in [-0.15, -0.1) is 0 Å². The molecule has 16 heavy (non-hydrogen) atoms. The normalized spacial score (nSPS) is 17.2. The lowest BCUT2D eigenvalue weighted by Gasteiger charge is -2.27. The average molecular weight is 244 g/mol. The summed E-state index contributed by atoms with van der Waals surface area (Å²) in [6.45, 7) is 0.0439. The van der Waals surface area contributed by atoms with Crippen molar-refractivity contribution >= 4 is 17.4 Å². The third-order valence-corrected chi connectivity index (χ3v) is 3.09. The van der Waals surface area contributed by atoms with Crippen LogP contribution in [-0.4, -0.2) is 39.9 Å². The molecule has 5 nitrogen and oxygen atoms in total. The zero-order valence-corrected chi connectivity index (χ0v) is 9.72. The smallest absolute Gasteiger partial charge is 0.224 e. The van der Waals surface area contributed by atoms with Crippen LogP contribution < -0.4 is 4.90 Å². The summed E-state index contributed by atoms with van der Waals surface area (Å²) in [6.07, 6.45) is 3.48. The molecular formula is C10H14ClN3O2. The number of aromatic nitrogens is 2. The minimum Gasteiger partial charge on any atom is -0.503 e. The summed E-state index contributed by atoms with van der Waals surface area (Å²) in [4.78, 5) is 9.42. The quantitative estimate of drug-likeness (QED) is 0.774. The van der Waals surface area contributed by atoms with Crippen LogP contribution in [0.25, 0.3) is 0 Å². The van der Waals surface area contributed by atoms with Gasteiger partial charge in [-0.1, -0.05) is 0 Å². The molecule has 2 rings (SSSR count). The van der Waals surface area contributed by atoms with Crippen molar-refractivity contribution in [3.63, 3.8) is 0 Å². The van der Waals surface area contributed by atoms with Crippen molar-refractivity contribution in [2.24, 2.45) is 5.92 Å². The van der Waals surface area contributed by atoms with E-state index in [0.29, 0.717) is 11.7 Å². The predicted molar refractivity (Wildman–Crippen MR) is 60.7 cm³/mol. The fourth-order valence-electron chi connectivity index (χ4n) is 1.83. The Morgan fingerprint density at radius 2 is 2.31 bits per heavy atom. The lowest BCUT2D eigenvalue weighted by molar-refractivity contribution is 0.249. The minimum absolute atomic E-state index is 0.0168. The Bertz CT molecular complexity index is 384. The molecule has 1 aliphatic carbocycles. The van der Waals surface area contributed by atoms with Crippen LogP contribution in [0.4, 0.5) is 5.82 Å². The fraction of sp³-hybridized carbons (Fsp3) is 0.600. The van der Waals surface area contributed by atoms with Gasteiger partial charge in [0.1, 0.15) is 0 Å². The van der Waals surface area contributed by atoms with Crippen LogP contribution in [0.1, 0.15) is 12.8 Å². The molecule has 0 unspecified atom stereocenters. The van der Waals surface area contributed by atoms with E-state index in [4.69, 9.17) is 11.6 Å². The molecule has 1 aliphatic rings. The van der Waals surface area contributed by atoms with Gasteiger partial charge in [-0.05, 0) is 30.4 Å². The van der Waals surface area contributed by atoms with E-state index in [0.717, 1.165) is 12.8 Å². The Labute approximate surface area is 98.7 Å². The first-order valence-electron chi connectivity index (χ1n) is 5.18. The van der Waals surface area contributed by atoms with E-state index in [1.807, 2.05) is 0 Å². The molecule has 0 aromatic carbocycles. The monoisotopic (exact) mass is 243 g/mol. The fourth-order valence-corrected chi connectivity index (χ4v) is 1.96. The summed E-state index contributed by atoms with van der Waals surface area (Å²) in [6, 6.07) is -0.0168. The maximum absolute atomic E-state index is 9.65. The van der Waals surface area contributed by atoms with E-state index >= 15 is 0 Å². The summed E-state index contributed by atoms with van der Waals surface area (Å²) < 4.78 is 0. The van der Waals surface area contributed by atoms with Crippen LogP contribution in [0.2, 0.25) is 5.28 Å².